The molecule has 0 aliphatic heterocycles. The van der Waals surface area contributed by atoms with Gasteiger partial charge in [0.15, 0.2) is 0 Å². The number of Topliss-reactive ketones (excluding diaryl/α,β-unsaturated/α-hetero) is 1. The van der Waals surface area contributed by atoms with Crippen molar-refractivity contribution < 1.29 is 4.79 Å². The molecule has 0 saturated carbocycles. The number of rotatable bonds is 5. The Morgan fingerprint density at radius 1 is 1.14 bits per heavy atom. The molecule has 0 aromatic rings. The van der Waals surface area contributed by atoms with E-state index in [2.05, 4.69) is 32.8 Å². The number of hydrogen-bond acceptors (Lipinski definition) is 2. The zero-order valence-electron chi connectivity index (χ0n) is 10.8. The summed E-state index contributed by atoms with van der Waals surface area (Å²) in [5, 5.41) is 0. The standard InChI is InChI=1S/C12H25NO/c1-10(14)12(4,5)8-11(2,3)9-13(6)7/h8-9H2,1-7H3. The molecule has 0 fully saturated rings. The van der Waals surface area contributed by atoms with Crippen LogP contribution in [-0.2, 0) is 4.79 Å². The minimum absolute atomic E-state index is 0.193. The van der Waals surface area contributed by atoms with Crippen LogP contribution >= 0.6 is 0 Å². The van der Waals surface area contributed by atoms with Crippen molar-refractivity contribution in [3.63, 3.8) is 0 Å². The summed E-state index contributed by atoms with van der Waals surface area (Å²) in [6, 6.07) is 0. The van der Waals surface area contributed by atoms with Crippen molar-refractivity contribution in [3.05, 3.63) is 0 Å². The minimum Gasteiger partial charge on any atom is -0.309 e. The molecular formula is C12H25NO. The van der Waals surface area contributed by atoms with E-state index in [9.17, 15) is 4.79 Å². The zero-order valence-corrected chi connectivity index (χ0v) is 10.8. The molecule has 14 heavy (non-hydrogen) atoms. The molecule has 0 radical (unpaired) electrons. The Kier molecular flexibility index (Phi) is 4.32. The van der Waals surface area contributed by atoms with Crippen LogP contribution < -0.4 is 0 Å². The summed E-state index contributed by atoms with van der Waals surface area (Å²) in [5.74, 6) is 0.282. The van der Waals surface area contributed by atoms with E-state index < -0.39 is 0 Å². The first-order valence-corrected chi connectivity index (χ1v) is 5.23. The summed E-state index contributed by atoms with van der Waals surface area (Å²) in [5.41, 5.74) is -0.00181. The van der Waals surface area contributed by atoms with Crippen molar-refractivity contribution in [1.82, 2.24) is 4.90 Å². The van der Waals surface area contributed by atoms with Gasteiger partial charge in [-0.25, -0.2) is 0 Å². The molecule has 0 aromatic heterocycles. The second kappa shape index (κ2) is 4.43. The van der Waals surface area contributed by atoms with Crippen molar-refractivity contribution in [2.75, 3.05) is 20.6 Å². The lowest BCUT2D eigenvalue weighted by molar-refractivity contribution is -0.126. The van der Waals surface area contributed by atoms with Crippen LogP contribution in [-0.4, -0.2) is 31.3 Å². The first kappa shape index (κ1) is 13.6. The van der Waals surface area contributed by atoms with E-state index in [1.807, 2.05) is 13.8 Å². The fourth-order valence-electron chi connectivity index (χ4n) is 2.23. The van der Waals surface area contributed by atoms with Crippen molar-refractivity contribution in [2.24, 2.45) is 10.8 Å². The van der Waals surface area contributed by atoms with Crippen molar-refractivity contribution in [2.45, 2.75) is 41.0 Å². The Hall–Kier alpha value is -0.370. The summed E-state index contributed by atoms with van der Waals surface area (Å²) < 4.78 is 0. The fraction of sp³-hybridized carbons (Fsp3) is 0.917. The first-order chi connectivity index (χ1) is 6.07. The van der Waals surface area contributed by atoms with E-state index >= 15 is 0 Å². The molecule has 0 heterocycles. The highest BCUT2D eigenvalue weighted by atomic mass is 16.1. The molecule has 0 N–H and O–H groups in total. The van der Waals surface area contributed by atoms with Crippen LogP contribution in [0.3, 0.4) is 0 Å². The zero-order chi connectivity index (χ0) is 11.6. The smallest absolute Gasteiger partial charge is 0.135 e. The maximum Gasteiger partial charge on any atom is 0.135 e. The molecule has 2 heteroatoms. The maximum absolute atomic E-state index is 11.4. The molecule has 0 unspecified atom stereocenters. The molecule has 0 rings (SSSR count). The maximum atomic E-state index is 11.4. The lowest BCUT2D eigenvalue weighted by Gasteiger charge is -2.35. The average molecular weight is 199 g/mol. The largest absolute Gasteiger partial charge is 0.309 e. The first-order valence-electron chi connectivity index (χ1n) is 5.23. The Morgan fingerprint density at radius 3 is 1.86 bits per heavy atom. The highest BCUT2D eigenvalue weighted by molar-refractivity contribution is 5.81. The van der Waals surface area contributed by atoms with E-state index in [1.54, 1.807) is 6.92 Å². The minimum atomic E-state index is -0.195. The molecular weight excluding hydrogens is 174 g/mol. The van der Waals surface area contributed by atoms with Crippen LogP contribution in [0.15, 0.2) is 0 Å². The van der Waals surface area contributed by atoms with Crippen LogP contribution in [0.25, 0.3) is 0 Å². The van der Waals surface area contributed by atoms with Gasteiger partial charge in [-0.1, -0.05) is 27.7 Å². The van der Waals surface area contributed by atoms with Gasteiger partial charge < -0.3 is 4.90 Å². The van der Waals surface area contributed by atoms with Crippen molar-refractivity contribution >= 4 is 5.78 Å². The van der Waals surface area contributed by atoms with Gasteiger partial charge in [-0.2, -0.15) is 0 Å². The number of hydrogen-bond donors (Lipinski definition) is 0. The van der Waals surface area contributed by atoms with E-state index in [4.69, 9.17) is 0 Å². The second-order valence-electron chi connectivity index (χ2n) is 6.02. The lowest BCUT2D eigenvalue weighted by Crippen LogP contribution is -2.35. The second-order valence-corrected chi connectivity index (χ2v) is 6.02. The molecule has 0 atom stereocenters. The van der Waals surface area contributed by atoms with Gasteiger partial charge in [-0.15, -0.1) is 0 Å². The summed E-state index contributed by atoms with van der Waals surface area (Å²) in [7, 11) is 4.14. The van der Waals surface area contributed by atoms with Gasteiger partial charge in [0.2, 0.25) is 0 Å². The highest BCUT2D eigenvalue weighted by Crippen LogP contribution is 2.34. The van der Waals surface area contributed by atoms with E-state index in [1.165, 1.54) is 0 Å². The third kappa shape index (κ3) is 4.75. The number of carbonyl (C=O) groups is 1. The molecule has 0 aromatic carbocycles. The predicted octanol–water partition coefficient (Wildman–Crippen LogP) is 2.58. The third-order valence-electron chi connectivity index (χ3n) is 2.62. The summed E-state index contributed by atoms with van der Waals surface area (Å²) in [6.07, 6.45) is 0.938. The van der Waals surface area contributed by atoms with Crippen molar-refractivity contribution in [3.8, 4) is 0 Å². The molecule has 84 valence electrons. The summed E-state index contributed by atoms with van der Waals surface area (Å²) in [4.78, 5) is 13.6. The Labute approximate surface area is 88.7 Å². The molecule has 0 bridgehead atoms. The fourth-order valence-corrected chi connectivity index (χ4v) is 2.23. The highest BCUT2D eigenvalue weighted by Gasteiger charge is 2.32. The van der Waals surface area contributed by atoms with Crippen molar-refractivity contribution in [1.29, 1.82) is 0 Å². The van der Waals surface area contributed by atoms with Crippen LogP contribution in [0, 0.1) is 10.8 Å². The van der Waals surface area contributed by atoms with Gasteiger partial charge in [-0.05, 0) is 32.9 Å². The normalized spacial score (nSPS) is 13.4. The predicted molar refractivity (Wildman–Crippen MR) is 61.4 cm³/mol. The Balaban J connectivity index is 4.42. The van der Waals surface area contributed by atoms with E-state index in [0.717, 1.165) is 13.0 Å². The number of carbonyl (C=O) groups excluding carboxylic acids is 1. The van der Waals surface area contributed by atoms with Crippen LogP contribution in [0.4, 0.5) is 0 Å². The number of nitrogens with zero attached hydrogens (tertiary/aromatic N) is 1. The monoisotopic (exact) mass is 199 g/mol. The molecule has 0 amide bonds. The van der Waals surface area contributed by atoms with Gasteiger partial charge in [-0.3, -0.25) is 4.79 Å². The van der Waals surface area contributed by atoms with E-state index in [0.29, 0.717) is 0 Å². The molecule has 0 aliphatic rings. The van der Waals surface area contributed by atoms with Crippen LogP contribution in [0.1, 0.15) is 41.0 Å². The SMILES string of the molecule is CC(=O)C(C)(C)CC(C)(C)CN(C)C. The van der Waals surface area contributed by atoms with Crippen LogP contribution in [0.5, 0.6) is 0 Å². The molecule has 0 spiro atoms. The van der Waals surface area contributed by atoms with Gasteiger partial charge >= 0.3 is 0 Å². The van der Waals surface area contributed by atoms with E-state index in [-0.39, 0.29) is 16.6 Å². The Bertz CT molecular complexity index is 204. The molecule has 0 aliphatic carbocycles. The van der Waals surface area contributed by atoms with Crippen LogP contribution in [0.2, 0.25) is 0 Å². The summed E-state index contributed by atoms with van der Waals surface area (Å²) >= 11 is 0. The van der Waals surface area contributed by atoms with Gasteiger partial charge in [0, 0.05) is 12.0 Å². The number of ketones is 1. The third-order valence-corrected chi connectivity index (χ3v) is 2.62. The van der Waals surface area contributed by atoms with Gasteiger partial charge in [0.05, 0.1) is 0 Å². The lowest BCUT2D eigenvalue weighted by atomic mass is 9.73. The van der Waals surface area contributed by atoms with Gasteiger partial charge in [0.1, 0.15) is 5.78 Å². The molecule has 0 saturated heterocycles. The summed E-state index contributed by atoms with van der Waals surface area (Å²) in [6.45, 7) is 11.2. The molecule has 2 nitrogen and oxygen atoms in total. The quantitative estimate of drug-likeness (QED) is 0.678. The van der Waals surface area contributed by atoms with Gasteiger partial charge in [0.25, 0.3) is 0 Å². The Morgan fingerprint density at radius 2 is 1.57 bits per heavy atom. The average Bonchev–Trinajstić information content (AvgIpc) is 1.79. The topological polar surface area (TPSA) is 20.3 Å².